The summed E-state index contributed by atoms with van der Waals surface area (Å²) >= 11 is 0. The lowest BCUT2D eigenvalue weighted by molar-refractivity contribution is 0.545. The Morgan fingerprint density at radius 2 is 2.00 bits per heavy atom. The molecule has 1 aromatic rings. The van der Waals surface area contributed by atoms with Crippen molar-refractivity contribution in [2.24, 2.45) is 7.05 Å². The van der Waals surface area contributed by atoms with Gasteiger partial charge < -0.3 is 5.32 Å². The first-order chi connectivity index (χ1) is 7.95. The predicted octanol–water partition coefficient (Wildman–Crippen LogP) is 2.65. The van der Waals surface area contributed by atoms with Gasteiger partial charge in [-0.15, -0.1) is 0 Å². The van der Waals surface area contributed by atoms with Crippen LogP contribution in [0.2, 0.25) is 0 Å². The van der Waals surface area contributed by atoms with Crippen molar-refractivity contribution in [3.63, 3.8) is 0 Å². The highest BCUT2D eigenvalue weighted by atomic mass is 15.3. The van der Waals surface area contributed by atoms with E-state index < -0.39 is 0 Å². The van der Waals surface area contributed by atoms with Gasteiger partial charge in [0.05, 0.1) is 5.69 Å². The third-order valence-electron chi connectivity index (χ3n) is 2.91. The fourth-order valence-corrected chi connectivity index (χ4v) is 2.09. The van der Waals surface area contributed by atoms with Gasteiger partial charge in [-0.25, -0.2) is 0 Å². The van der Waals surface area contributed by atoms with Gasteiger partial charge in [0.1, 0.15) is 0 Å². The molecule has 0 aliphatic heterocycles. The monoisotopic (exact) mass is 237 g/mol. The Hall–Kier alpha value is -0.830. The van der Waals surface area contributed by atoms with Crippen LogP contribution < -0.4 is 5.32 Å². The highest BCUT2D eigenvalue weighted by molar-refractivity contribution is 5.24. The molecule has 3 heteroatoms. The third-order valence-corrected chi connectivity index (χ3v) is 2.91. The second kappa shape index (κ2) is 6.20. The number of aromatic nitrogens is 2. The van der Waals surface area contributed by atoms with Gasteiger partial charge in [0.15, 0.2) is 0 Å². The molecule has 0 saturated carbocycles. The van der Waals surface area contributed by atoms with Gasteiger partial charge in [-0.05, 0) is 37.9 Å². The Kier molecular flexibility index (Phi) is 5.19. The van der Waals surface area contributed by atoms with Crippen molar-refractivity contribution in [1.29, 1.82) is 0 Å². The third kappa shape index (κ3) is 4.50. The largest absolute Gasteiger partial charge is 0.317 e. The van der Waals surface area contributed by atoms with Gasteiger partial charge in [-0.3, -0.25) is 4.68 Å². The molecule has 1 heterocycles. The molecule has 0 unspecified atom stereocenters. The molecule has 0 aromatic carbocycles. The minimum atomic E-state index is 0.151. The topological polar surface area (TPSA) is 29.9 Å². The van der Waals surface area contributed by atoms with E-state index in [2.05, 4.69) is 44.3 Å². The average molecular weight is 237 g/mol. The smallest absolute Gasteiger partial charge is 0.0709 e. The Morgan fingerprint density at radius 3 is 2.59 bits per heavy atom. The Morgan fingerprint density at radius 1 is 1.29 bits per heavy atom. The summed E-state index contributed by atoms with van der Waals surface area (Å²) in [5, 5.41) is 7.96. The molecule has 3 nitrogen and oxygen atoms in total. The average Bonchev–Trinajstić information content (AvgIpc) is 2.59. The van der Waals surface area contributed by atoms with Crippen LogP contribution in [0, 0.1) is 0 Å². The van der Waals surface area contributed by atoms with E-state index >= 15 is 0 Å². The number of hydrogen-bond donors (Lipinski definition) is 1. The van der Waals surface area contributed by atoms with Crippen molar-refractivity contribution in [1.82, 2.24) is 15.1 Å². The number of nitrogens with one attached hydrogen (secondary N) is 1. The van der Waals surface area contributed by atoms with Crippen LogP contribution >= 0.6 is 0 Å². The number of unbranched alkanes of at least 4 members (excludes halogenated alkanes) is 1. The van der Waals surface area contributed by atoms with Crippen molar-refractivity contribution in [2.75, 3.05) is 13.1 Å². The Labute approximate surface area is 106 Å². The Balaban J connectivity index is 2.53. The first kappa shape index (κ1) is 14.2. The zero-order chi connectivity index (χ0) is 12.9. The minimum Gasteiger partial charge on any atom is -0.317 e. The highest BCUT2D eigenvalue weighted by Gasteiger charge is 2.21. The number of hydrogen-bond acceptors (Lipinski definition) is 2. The number of nitrogens with zero attached hydrogens (tertiary/aromatic N) is 2. The summed E-state index contributed by atoms with van der Waals surface area (Å²) < 4.78 is 1.94. The van der Waals surface area contributed by atoms with E-state index in [0.29, 0.717) is 0 Å². The lowest BCUT2D eigenvalue weighted by Crippen LogP contribution is -2.16. The fraction of sp³-hybridized carbons (Fsp3) is 0.786. The SMILES string of the molecule is CCNCCCCc1cn(C)nc1C(C)(C)C. The van der Waals surface area contributed by atoms with Crippen LogP contribution in [0.5, 0.6) is 0 Å². The van der Waals surface area contributed by atoms with E-state index in [-0.39, 0.29) is 5.41 Å². The molecule has 0 bridgehead atoms. The molecule has 0 saturated heterocycles. The molecule has 17 heavy (non-hydrogen) atoms. The maximum Gasteiger partial charge on any atom is 0.0709 e. The molecule has 0 atom stereocenters. The van der Waals surface area contributed by atoms with E-state index in [1.807, 2.05) is 11.7 Å². The zero-order valence-corrected chi connectivity index (χ0v) is 12.0. The first-order valence-electron chi connectivity index (χ1n) is 6.69. The molecule has 1 rings (SSSR count). The summed E-state index contributed by atoms with van der Waals surface area (Å²) in [5.74, 6) is 0. The van der Waals surface area contributed by atoms with Gasteiger partial charge in [0.2, 0.25) is 0 Å². The first-order valence-corrected chi connectivity index (χ1v) is 6.69. The van der Waals surface area contributed by atoms with Crippen molar-refractivity contribution in [3.8, 4) is 0 Å². The van der Waals surface area contributed by atoms with Gasteiger partial charge in [-0.1, -0.05) is 27.7 Å². The molecule has 0 amide bonds. The van der Waals surface area contributed by atoms with Crippen LogP contribution in [0.25, 0.3) is 0 Å². The van der Waals surface area contributed by atoms with E-state index in [1.54, 1.807) is 0 Å². The molecule has 1 aromatic heterocycles. The molecule has 0 radical (unpaired) electrons. The summed E-state index contributed by atoms with van der Waals surface area (Å²) in [7, 11) is 2.01. The summed E-state index contributed by atoms with van der Waals surface area (Å²) in [6, 6.07) is 0. The number of rotatable bonds is 6. The Bertz CT molecular complexity index is 334. The van der Waals surface area contributed by atoms with Crippen molar-refractivity contribution < 1.29 is 0 Å². The molecular weight excluding hydrogens is 210 g/mol. The van der Waals surface area contributed by atoms with Gasteiger partial charge in [0.25, 0.3) is 0 Å². The standard InChI is InChI=1S/C14H27N3/c1-6-15-10-8-7-9-12-11-17(5)16-13(12)14(2,3)4/h11,15H,6-10H2,1-5H3. The highest BCUT2D eigenvalue weighted by Crippen LogP contribution is 2.25. The van der Waals surface area contributed by atoms with E-state index in [4.69, 9.17) is 0 Å². The van der Waals surface area contributed by atoms with E-state index in [1.165, 1.54) is 24.1 Å². The van der Waals surface area contributed by atoms with Crippen molar-refractivity contribution in [2.45, 2.75) is 52.4 Å². The lowest BCUT2D eigenvalue weighted by atomic mass is 9.88. The van der Waals surface area contributed by atoms with Crippen molar-refractivity contribution >= 4 is 0 Å². The lowest BCUT2D eigenvalue weighted by Gasteiger charge is -2.17. The van der Waals surface area contributed by atoms with E-state index in [9.17, 15) is 0 Å². The fourth-order valence-electron chi connectivity index (χ4n) is 2.09. The second-order valence-electron chi connectivity index (χ2n) is 5.74. The van der Waals surface area contributed by atoms with Crippen LogP contribution in [0.15, 0.2) is 6.20 Å². The second-order valence-corrected chi connectivity index (χ2v) is 5.74. The maximum absolute atomic E-state index is 4.60. The quantitative estimate of drug-likeness (QED) is 0.771. The van der Waals surface area contributed by atoms with Crippen LogP contribution in [-0.4, -0.2) is 22.9 Å². The maximum atomic E-state index is 4.60. The molecule has 1 N–H and O–H groups in total. The van der Waals surface area contributed by atoms with Crippen LogP contribution in [0.3, 0.4) is 0 Å². The minimum absolute atomic E-state index is 0.151. The molecule has 0 spiro atoms. The normalized spacial score (nSPS) is 12.1. The zero-order valence-electron chi connectivity index (χ0n) is 12.0. The molecule has 0 aliphatic carbocycles. The summed E-state index contributed by atoms with van der Waals surface area (Å²) in [6.45, 7) is 11.0. The number of aryl methyl sites for hydroxylation is 2. The van der Waals surface area contributed by atoms with E-state index in [0.717, 1.165) is 19.5 Å². The van der Waals surface area contributed by atoms with Crippen molar-refractivity contribution in [3.05, 3.63) is 17.5 Å². The van der Waals surface area contributed by atoms with Crippen LogP contribution in [0.1, 0.15) is 51.8 Å². The summed E-state index contributed by atoms with van der Waals surface area (Å²) in [6.07, 6.45) is 5.80. The molecular formula is C14H27N3. The molecule has 0 aliphatic rings. The summed E-state index contributed by atoms with van der Waals surface area (Å²) in [5.41, 5.74) is 2.82. The molecule has 98 valence electrons. The molecule has 0 fully saturated rings. The van der Waals surface area contributed by atoms with Gasteiger partial charge in [0, 0.05) is 18.7 Å². The van der Waals surface area contributed by atoms with Crippen LogP contribution in [-0.2, 0) is 18.9 Å². The van der Waals surface area contributed by atoms with Gasteiger partial charge >= 0.3 is 0 Å². The van der Waals surface area contributed by atoms with Crippen LogP contribution in [0.4, 0.5) is 0 Å². The summed E-state index contributed by atoms with van der Waals surface area (Å²) in [4.78, 5) is 0. The predicted molar refractivity (Wildman–Crippen MR) is 73.4 cm³/mol. The van der Waals surface area contributed by atoms with Gasteiger partial charge in [-0.2, -0.15) is 5.10 Å².